The van der Waals surface area contributed by atoms with Gasteiger partial charge in [-0.2, -0.15) is 0 Å². The van der Waals surface area contributed by atoms with Gasteiger partial charge in [0, 0.05) is 10.9 Å². The number of rotatable bonds is 3. The largest absolute Gasteiger partial charge is 0.321 e. The van der Waals surface area contributed by atoms with Crippen LogP contribution in [0.1, 0.15) is 15.9 Å². The summed E-state index contributed by atoms with van der Waals surface area (Å²) >= 11 is 9.18. The first-order chi connectivity index (χ1) is 9.10. The molecule has 0 saturated heterocycles. The summed E-state index contributed by atoms with van der Waals surface area (Å²) in [6.45, 7) is 0. The number of carbonyl (C=O) groups is 1. The molecule has 0 spiro atoms. The van der Waals surface area contributed by atoms with Crippen LogP contribution in [0.5, 0.6) is 0 Å². The molecule has 0 heterocycles. The van der Waals surface area contributed by atoms with Gasteiger partial charge in [0.15, 0.2) is 0 Å². The quantitative estimate of drug-likeness (QED) is 0.810. The second-order valence-electron chi connectivity index (χ2n) is 3.91. The molecule has 2 rings (SSSR count). The van der Waals surface area contributed by atoms with Gasteiger partial charge in [-0.05, 0) is 35.9 Å². The van der Waals surface area contributed by atoms with Crippen LogP contribution >= 0.6 is 27.5 Å². The maximum absolute atomic E-state index is 12.9. The number of alkyl halides is 1. The maximum atomic E-state index is 12.9. The van der Waals surface area contributed by atoms with Crippen LogP contribution in [-0.4, -0.2) is 5.91 Å². The number of halogens is 3. The molecule has 5 heteroatoms. The van der Waals surface area contributed by atoms with Gasteiger partial charge in [-0.1, -0.05) is 39.7 Å². The van der Waals surface area contributed by atoms with Crippen molar-refractivity contribution >= 4 is 39.1 Å². The number of nitrogens with one attached hydrogen (secondary N) is 1. The molecule has 2 aromatic carbocycles. The molecule has 0 atom stereocenters. The average Bonchev–Trinajstić information content (AvgIpc) is 2.42. The van der Waals surface area contributed by atoms with E-state index in [0.29, 0.717) is 11.3 Å². The second-order valence-corrected chi connectivity index (χ2v) is 4.88. The highest BCUT2D eigenvalue weighted by Gasteiger charge is 2.09. The van der Waals surface area contributed by atoms with Crippen molar-refractivity contribution in [3.05, 3.63) is 64.4 Å². The van der Waals surface area contributed by atoms with Crippen molar-refractivity contribution in [1.82, 2.24) is 0 Å². The Balaban J connectivity index is 2.15. The van der Waals surface area contributed by atoms with Crippen LogP contribution in [0.15, 0.2) is 42.5 Å². The number of benzene rings is 2. The Morgan fingerprint density at radius 1 is 1.21 bits per heavy atom. The van der Waals surface area contributed by atoms with Crippen LogP contribution < -0.4 is 5.32 Å². The minimum absolute atomic E-state index is 0.172. The third-order valence-corrected chi connectivity index (χ3v) is 3.51. The molecule has 2 aromatic rings. The van der Waals surface area contributed by atoms with E-state index in [9.17, 15) is 9.18 Å². The smallest absolute Gasteiger partial charge is 0.255 e. The van der Waals surface area contributed by atoms with Crippen molar-refractivity contribution in [3.8, 4) is 0 Å². The molecule has 0 radical (unpaired) electrons. The van der Waals surface area contributed by atoms with Crippen molar-refractivity contribution in [3.63, 3.8) is 0 Å². The van der Waals surface area contributed by atoms with Gasteiger partial charge in [0.25, 0.3) is 5.91 Å². The molecule has 0 aliphatic rings. The highest BCUT2D eigenvalue weighted by molar-refractivity contribution is 9.08. The lowest BCUT2D eigenvalue weighted by molar-refractivity contribution is 0.102. The molecule has 1 amide bonds. The zero-order chi connectivity index (χ0) is 13.8. The van der Waals surface area contributed by atoms with Crippen molar-refractivity contribution in [2.75, 3.05) is 5.32 Å². The summed E-state index contributed by atoms with van der Waals surface area (Å²) in [6, 6.07) is 11.0. The fourth-order valence-corrected chi connectivity index (χ4v) is 2.12. The molecule has 0 fully saturated rings. The van der Waals surface area contributed by atoms with Crippen LogP contribution in [0.25, 0.3) is 0 Å². The van der Waals surface area contributed by atoms with Crippen LogP contribution in [0.2, 0.25) is 5.02 Å². The molecule has 19 heavy (non-hydrogen) atoms. The predicted molar refractivity (Wildman–Crippen MR) is 78.4 cm³/mol. The first kappa shape index (κ1) is 14.0. The minimum Gasteiger partial charge on any atom is -0.321 e. The van der Waals surface area contributed by atoms with Crippen molar-refractivity contribution < 1.29 is 9.18 Å². The Labute approximate surface area is 123 Å². The topological polar surface area (TPSA) is 29.1 Å². The molecular weight excluding hydrogens is 333 g/mol. The maximum Gasteiger partial charge on any atom is 0.255 e. The van der Waals surface area contributed by atoms with E-state index in [0.717, 1.165) is 17.0 Å². The zero-order valence-electron chi connectivity index (χ0n) is 9.79. The fraction of sp³-hybridized carbons (Fsp3) is 0.0714. The average molecular weight is 343 g/mol. The SMILES string of the molecule is O=C(Nc1ccc(F)cc1Cl)c1ccc(CBr)cc1. The van der Waals surface area contributed by atoms with Gasteiger partial charge in [0.2, 0.25) is 0 Å². The highest BCUT2D eigenvalue weighted by atomic mass is 79.9. The van der Waals surface area contributed by atoms with Crippen LogP contribution in [-0.2, 0) is 5.33 Å². The van der Waals surface area contributed by atoms with Crippen LogP contribution in [0.3, 0.4) is 0 Å². The standard InChI is InChI=1S/C14H10BrClFNO/c15-8-9-1-3-10(4-2-9)14(19)18-13-6-5-11(17)7-12(13)16/h1-7H,8H2,(H,18,19). The normalized spacial score (nSPS) is 10.3. The van der Waals surface area contributed by atoms with E-state index in [1.807, 2.05) is 12.1 Å². The van der Waals surface area contributed by atoms with E-state index in [4.69, 9.17) is 11.6 Å². The molecule has 1 N–H and O–H groups in total. The summed E-state index contributed by atoms with van der Waals surface area (Å²) in [6.07, 6.45) is 0. The van der Waals surface area contributed by atoms with E-state index in [-0.39, 0.29) is 10.9 Å². The Bertz CT molecular complexity index is 601. The summed E-state index contributed by atoms with van der Waals surface area (Å²) in [7, 11) is 0. The molecule has 0 aromatic heterocycles. The third kappa shape index (κ3) is 3.55. The molecule has 98 valence electrons. The van der Waals surface area contributed by atoms with Gasteiger partial charge in [0.05, 0.1) is 10.7 Å². The van der Waals surface area contributed by atoms with Gasteiger partial charge in [-0.3, -0.25) is 4.79 Å². The first-order valence-corrected chi connectivity index (χ1v) is 7.01. The number of anilines is 1. The summed E-state index contributed by atoms with van der Waals surface area (Å²) in [5.41, 5.74) is 1.99. The van der Waals surface area contributed by atoms with Crippen molar-refractivity contribution in [1.29, 1.82) is 0 Å². The number of hydrogen-bond acceptors (Lipinski definition) is 1. The molecule has 2 nitrogen and oxygen atoms in total. The van der Waals surface area contributed by atoms with Crippen molar-refractivity contribution in [2.45, 2.75) is 5.33 Å². The Morgan fingerprint density at radius 2 is 1.89 bits per heavy atom. The minimum atomic E-state index is -0.440. The first-order valence-electron chi connectivity index (χ1n) is 5.51. The number of carbonyl (C=O) groups excluding carboxylic acids is 1. The molecule has 0 aliphatic heterocycles. The number of hydrogen-bond donors (Lipinski definition) is 1. The van der Waals surface area contributed by atoms with Gasteiger partial charge in [-0.25, -0.2) is 4.39 Å². The molecule has 0 aliphatic carbocycles. The van der Waals surface area contributed by atoms with Crippen molar-refractivity contribution in [2.24, 2.45) is 0 Å². The molecule has 0 unspecified atom stereocenters. The fourth-order valence-electron chi connectivity index (χ4n) is 1.53. The zero-order valence-corrected chi connectivity index (χ0v) is 12.1. The highest BCUT2D eigenvalue weighted by Crippen LogP contribution is 2.23. The monoisotopic (exact) mass is 341 g/mol. The van der Waals surface area contributed by atoms with Gasteiger partial charge < -0.3 is 5.32 Å². The number of amides is 1. The summed E-state index contributed by atoms with van der Waals surface area (Å²) in [5.74, 6) is -0.723. The van der Waals surface area contributed by atoms with Gasteiger partial charge in [0.1, 0.15) is 5.82 Å². The van der Waals surface area contributed by atoms with E-state index in [1.165, 1.54) is 12.1 Å². The molecule has 0 bridgehead atoms. The van der Waals surface area contributed by atoms with E-state index in [1.54, 1.807) is 12.1 Å². The van der Waals surface area contributed by atoms with E-state index < -0.39 is 5.82 Å². The van der Waals surface area contributed by atoms with Gasteiger partial charge in [-0.15, -0.1) is 0 Å². The Kier molecular flexibility index (Phi) is 4.56. The Morgan fingerprint density at radius 3 is 2.47 bits per heavy atom. The summed E-state index contributed by atoms with van der Waals surface area (Å²) in [4.78, 5) is 12.0. The lowest BCUT2D eigenvalue weighted by Gasteiger charge is -2.07. The lowest BCUT2D eigenvalue weighted by atomic mass is 10.1. The summed E-state index contributed by atoms with van der Waals surface area (Å²) < 4.78 is 12.9. The van der Waals surface area contributed by atoms with E-state index >= 15 is 0 Å². The van der Waals surface area contributed by atoms with E-state index in [2.05, 4.69) is 21.2 Å². The summed E-state index contributed by atoms with van der Waals surface area (Å²) in [5, 5.41) is 3.55. The third-order valence-electron chi connectivity index (χ3n) is 2.55. The van der Waals surface area contributed by atoms with Crippen LogP contribution in [0.4, 0.5) is 10.1 Å². The second kappa shape index (κ2) is 6.17. The molecule has 0 saturated carbocycles. The lowest BCUT2D eigenvalue weighted by Crippen LogP contribution is -2.12. The Hall–Kier alpha value is -1.39. The van der Waals surface area contributed by atoms with Gasteiger partial charge >= 0.3 is 0 Å². The predicted octanol–water partition coefficient (Wildman–Crippen LogP) is 4.63. The molecular formula is C14H10BrClFNO. The van der Waals surface area contributed by atoms with Crippen LogP contribution in [0, 0.1) is 5.82 Å².